The van der Waals surface area contributed by atoms with Gasteiger partial charge in [0.05, 0.1) is 5.56 Å². The minimum absolute atomic E-state index is 0.147. The number of aryl methyl sites for hydroxylation is 1. The fourth-order valence-corrected chi connectivity index (χ4v) is 2.05. The summed E-state index contributed by atoms with van der Waals surface area (Å²) >= 11 is 3.31. The largest absolute Gasteiger partial charge is 0.318 e. The predicted molar refractivity (Wildman–Crippen MR) is 81.0 cm³/mol. The second-order valence-corrected chi connectivity index (χ2v) is 5.17. The summed E-state index contributed by atoms with van der Waals surface area (Å²) in [5.74, 6) is 0.396. The van der Waals surface area contributed by atoms with Gasteiger partial charge in [-0.1, -0.05) is 0 Å². The first kappa shape index (κ1) is 14.5. The average Bonchev–Trinajstić information content (AvgIpc) is 2.44. The SMILES string of the molecule is CCN(C(=O)c1ccc(=O)n(C)c1)c1ccc(Br)cn1. The van der Waals surface area contributed by atoms with Gasteiger partial charge in [-0.25, -0.2) is 4.98 Å². The number of hydrogen-bond acceptors (Lipinski definition) is 3. The summed E-state index contributed by atoms with van der Waals surface area (Å²) in [4.78, 5) is 29.6. The molecule has 0 bridgehead atoms. The van der Waals surface area contributed by atoms with Crippen molar-refractivity contribution in [1.82, 2.24) is 9.55 Å². The smallest absolute Gasteiger partial charge is 0.260 e. The molecule has 0 atom stereocenters. The van der Waals surface area contributed by atoms with Crippen LogP contribution < -0.4 is 10.5 Å². The van der Waals surface area contributed by atoms with Gasteiger partial charge in [-0.05, 0) is 41.1 Å². The predicted octanol–water partition coefficient (Wildman–Crippen LogP) is 2.21. The lowest BCUT2D eigenvalue weighted by molar-refractivity contribution is 0.0987. The first-order valence-corrected chi connectivity index (χ1v) is 6.92. The highest BCUT2D eigenvalue weighted by molar-refractivity contribution is 9.10. The van der Waals surface area contributed by atoms with E-state index in [0.717, 1.165) is 4.47 Å². The Morgan fingerprint density at radius 2 is 2.10 bits per heavy atom. The summed E-state index contributed by atoms with van der Waals surface area (Å²) < 4.78 is 2.24. The number of aromatic nitrogens is 2. The van der Waals surface area contributed by atoms with E-state index < -0.39 is 0 Å². The molecule has 0 aliphatic rings. The molecule has 0 fully saturated rings. The molecule has 5 nitrogen and oxygen atoms in total. The Balaban J connectivity index is 2.35. The Hall–Kier alpha value is -1.95. The summed E-state index contributed by atoms with van der Waals surface area (Å²) in [6.07, 6.45) is 3.18. The van der Waals surface area contributed by atoms with Gasteiger partial charge in [-0.2, -0.15) is 0 Å². The van der Waals surface area contributed by atoms with E-state index in [0.29, 0.717) is 17.9 Å². The van der Waals surface area contributed by atoms with Crippen LogP contribution in [0, 0.1) is 0 Å². The van der Waals surface area contributed by atoms with E-state index >= 15 is 0 Å². The van der Waals surface area contributed by atoms with E-state index in [4.69, 9.17) is 0 Å². The number of rotatable bonds is 3. The second-order valence-electron chi connectivity index (χ2n) is 4.25. The van der Waals surface area contributed by atoms with E-state index in [9.17, 15) is 9.59 Å². The summed E-state index contributed by atoms with van der Waals surface area (Å²) in [7, 11) is 1.62. The maximum absolute atomic E-state index is 12.5. The van der Waals surface area contributed by atoms with Crippen molar-refractivity contribution in [2.45, 2.75) is 6.92 Å². The van der Waals surface area contributed by atoms with Crippen molar-refractivity contribution in [2.75, 3.05) is 11.4 Å². The zero-order chi connectivity index (χ0) is 14.7. The standard InChI is InChI=1S/C14H14BrN3O2/c1-3-18(12-6-5-11(15)8-16-12)14(20)10-4-7-13(19)17(2)9-10/h4-9H,3H2,1-2H3. The van der Waals surface area contributed by atoms with Crippen LogP contribution in [0.5, 0.6) is 0 Å². The van der Waals surface area contributed by atoms with Crippen molar-refractivity contribution in [1.29, 1.82) is 0 Å². The molecule has 6 heteroatoms. The van der Waals surface area contributed by atoms with Crippen molar-refractivity contribution in [3.63, 3.8) is 0 Å². The third-order valence-electron chi connectivity index (χ3n) is 2.88. The third-order valence-corrected chi connectivity index (χ3v) is 3.35. The first-order valence-electron chi connectivity index (χ1n) is 6.13. The van der Waals surface area contributed by atoms with E-state index in [-0.39, 0.29) is 11.5 Å². The van der Waals surface area contributed by atoms with Gasteiger partial charge in [0, 0.05) is 36.5 Å². The average molecular weight is 336 g/mol. The first-order chi connectivity index (χ1) is 9.52. The number of nitrogens with zero attached hydrogens (tertiary/aromatic N) is 3. The third kappa shape index (κ3) is 2.96. The number of pyridine rings is 2. The Morgan fingerprint density at radius 3 is 2.65 bits per heavy atom. The molecule has 20 heavy (non-hydrogen) atoms. The zero-order valence-corrected chi connectivity index (χ0v) is 12.8. The molecule has 0 unspecified atom stereocenters. The summed E-state index contributed by atoms with van der Waals surface area (Å²) in [5.41, 5.74) is 0.310. The molecule has 0 saturated heterocycles. The van der Waals surface area contributed by atoms with Gasteiger partial charge in [0.15, 0.2) is 0 Å². The number of halogens is 1. The molecule has 0 aliphatic heterocycles. The van der Waals surface area contributed by atoms with E-state index in [1.54, 1.807) is 24.2 Å². The fourth-order valence-electron chi connectivity index (χ4n) is 1.81. The van der Waals surface area contributed by atoms with Crippen LogP contribution in [-0.2, 0) is 7.05 Å². The van der Waals surface area contributed by atoms with Gasteiger partial charge in [-0.15, -0.1) is 0 Å². The monoisotopic (exact) mass is 335 g/mol. The van der Waals surface area contributed by atoms with Crippen molar-refractivity contribution < 1.29 is 4.79 Å². The second kappa shape index (κ2) is 6.00. The lowest BCUT2D eigenvalue weighted by Gasteiger charge is -2.20. The molecule has 0 saturated carbocycles. The molecule has 2 rings (SSSR count). The van der Waals surface area contributed by atoms with Crippen molar-refractivity contribution >= 4 is 27.7 Å². The topological polar surface area (TPSA) is 55.2 Å². The van der Waals surface area contributed by atoms with Crippen LogP contribution in [0.3, 0.4) is 0 Å². The number of anilines is 1. The van der Waals surface area contributed by atoms with E-state index in [1.165, 1.54) is 22.9 Å². The minimum atomic E-state index is -0.182. The Kier molecular flexibility index (Phi) is 4.34. The molecule has 0 N–H and O–H groups in total. The van der Waals surface area contributed by atoms with Crippen LogP contribution in [0.4, 0.5) is 5.82 Å². The molecular formula is C14H14BrN3O2. The molecule has 0 aliphatic carbocycles. The van der Waals surface area contributed by atoms with Gasteiger partial charge >= 0.3 is 0 Å². The van der Waals surface area contributed by atoms with Gasteiger partial charge < -0.3 is 4.57 Å². The maximum atomic E-state index is 12.5. The molecule has 2 aromatic heterocycles. The molecule has 0 spiro atoms. The summed E-state index contributed by atoms with van der Waals surface area (Å²) in [6.45, 7) is 2.37. The van der Waals surface area contributed by atoms with Gasteiger partial charge in [0.1, 0.15) is 5.82 Å². The van der Waals surface area contributed by atoms with Crippen LogP contribution in [0.15, 0.2) is 45.9 Å². The van der Waals surface area contributed by atoms with Gasteiger partial charge in [-0.3, -0.25) is 14.5 Å². The van der Waals surface area contributed by atoms with Crippen LogP contribution in [0.25, 0.3) is 0 Å². The molecule has 0 radical (unpaired) electrons. The van der Waals surface area contributed by atoms with Crippen molar-refractivity contribution in [3.05, 3.63) is 57.0 Å². The Labute approximate surface area is 125 Å². The quantitative estimate of drug-likeness (QED) is 0.864. The van der Waals surface area contributed by atoms with E-state index in [2.05, 4.69) is 20.9 Å². The fraction of sp³-hybridized carbons (Fsp3) is 0.214. The molecule has 104 valence electrons. The lowest BCUT2D eigenvalue weighted by Crippen LogP contribution is -2.32. The molecular weight excluding hydrogens is 322 g/mol. The Bertz CT molecular complexity index is 680. The molecule has 1 amide bonds. The van der Waals surface area contributed by atoms with Gasteiger partial charge in [0.25, 0.3) is 5.91 Å². The summed E-state index contributed by atoms with van der Waals surface area (Å²) in [5, 5.41) is 0. The number of carbonyl (C=O) groups is 1. The number of carbonyl (C=O) groups excluding carboxylic acids is 1. The molecule has 0 aromatic carbocycles. The highest BCUT2D eigenvalue weighted by Crippen LogP contribution is 2.16. The van der Waals surface area contributed by atoms with Crippen molar-refractivity contribution in [3.8, 4) is 0 Å². The maximum Gasteiger partial charge on any atom is 0.260 e. The summed E-state index contributed by atoms with van der Waals surface area (Å²) in [6, 6.07) is 6.52. The number of amides is 1. The van der Waals surface area contributed by atoms with Gasteiger partial charge in [0.2, 0.25) is 5.56 Å². The normalized spacial score (nSPS) is 10.3. The van der Waals surface area contributed by atoms with Crippen LogP contribution >= 0.6 is 15.9 Å². The lowest BCUT2D eigenvalue weighted by atomic mass is 10.2. The highest BCUT2D eigenvalue weighted by Gasteiger charge is 2.17. The van der Waals surface area contributed by atoms with Crippen LogP contribution in [0.2, 0.25) is 0 Å². The van der Waals surface area contributed by atoms with Crippen LogP contribution in [-0.4, -0.2) is 22.0 Å². The molecule has 2 heterocycles. The molecule has 2 aromatic rings. The minimum Gasteiger partial charge on any atom is -0.318 e. The zero-order valence-electron chi connectivity index (χ0n) is 11.2. The van der Waals surface area contributed by atoms with E-state index in [1.807, 2.05) is 13.0 Å². The number of hydrogen-bond donors (Lipinski definition) is 0. The Morgan fingerprint density at radius 1 is 1.35 bits per heavy atom. The van der Waals surface area contributed by atoms with Crippen molar-refractivity contribution in [2.24, 2.45) is 7.05 Å². The highest BCUT2D eigenvalue weighted by atomic mass is 79.9. The van der Waals surface area contributed by atoms with Crippen LogP contribution in [0.1, 0.15) is 17.3 Å².